The van der Waals surface area contributed by atoms with E-state index in [-0.39, 0.29) is 0 Å². The Morgan fingerprint density at radius 2 is 1.71 bits per heavy atom. The molecule has 0 unspecified atom stereocenters. The highest BCUT2D eigenvalue weighted by Gasteiger charge is 2.11. The zero-order chi connectivity index (χ0) is 16.7. The molecule has 2 aromatic carbocycles. The van der Waals surface area contributed by atoms with E-state index < -0.39 is 0 Å². The monoisotopic (exact) mass is 317 g/mol. The van der Waals surface area contributed by atoms with Crippen molar-refractivity contribution in [2.24, 2.45) is 7.05 Å². The Balaban J connectivity index is 1.71. The molecule has 0 saturated carbocycles. The van der Waals surface area contributed by atoms with Crippen molar-refractivity contribution in [2.75, 3.05) is 5.32 Å². The summed E-state index contributed by atoms with van der Waals surface area (Å²) in [5.74, 6) is 1.83. The van der Waals surface area contributed by atoms with E-state index in [4.69, 9.17) is 4.98 Å². The third kappa shape index (κ3) is 2.29. The summed E-state index contributed by atoms with van der Waals surface area (Å²) >= 11 is 0. The topological polar surface area (TPSA) is 55.6 Å². The van der Waals surface area contributed by atoms with Crippen LogP contribution in [0.4, 0.5) is 5.82 Å². The normalized spacial score (nSPS) is 11.3. The molecular weight excluding hydrogens is 298 g/mol. The van der Waals surface area contributed by atoms with Crippen LogP contribution in [0.1, 0.15) is 17.0 Å². The Morgan fingerprint density at radius 3 is 2.50 bits per heavy atom. The van der Waals surface area contributed by atoms with Crippen LogP contribution in [0, 0.1) is 13.8 Å². The maximum atomic E-state index is 4.75. The highest BCUT2D eigenvalue weighted by atomic mass is 15.1. The molecule has 0 aliphatic carbocycles. The van der Waals surface area contributed by atoms with Crippen molar-refractivity contribution < 1.29 is 0 Å². The molecule has 24 heavy (non-hydrogen) atoms. The van der Waals surface area contributed by atoms with Crippen molar-refractivity contribution in [3.63, 3.8) is 0 Å². The van der Waals surface area contributed by atoms with Gasteiger partial charge in [0.1, 0.15) is 18.0 Å². The van der Waals surface area contributed by atoms with Crippen LogP contribution in [0.3, 0.4) is 0 Å². The molecule has 0 aliphatic rings. The van der Waals surface area contributed by atoms with E-state index in [0.29, 0.717) is 6.54 Å². The highest BCUT2D eigenvalue weighted by molar-refractivity contribution is 5.91. The van der Waals surface area contributed by atoms with E-state index in [0.717, 1.165) is 33.6 Å². The number of para-hydroxylation sites is 1. The number of nitrogens with zero attached hydrogens (tertiary/aromatic N) is 4. The lowest BCUT2D eigenvalue weighted by atomic mass is 10.1. The van der Waals surface area contributed by atoms with E-state index in [9.17, 15) is 0 Å². The van der Waals surface area contributed by atoms with Crippen LogP contribution >= 0.6 is 0 Å². The average molecular weight is 317 g/mol. The van der Waals surface area contributed by atoms with Crippen molar-refractivity contribution in [3.8, 4) is 0 Å². The minimum absolute atomic E-state index is 0.616. The quantitative estimate of drug-likeness (QED) is 0.625. The van der Waals surface area contributed by atoms with Gasteiger partial charge >= 0.3 is 0 Å². The predicted molar refractivity (Wildman–Crippen MR) is 97.1 cm³/mol. The van der Waals surface area contributed by atoms with E-state index in [1.165, 1.54) is 11.1 Å². The zero-order valence-corrected chi connectivity index (χ0v) is 14.0. The summed E-state index contributed by atoms with van der Waals surface area (Å²) in [7, 11) is 2.06. The molecule has 5 nitrogen and oxygen atoms in total. The lowest BCUT2D eigenvalue weighted by Gasteiger charge is -2.10. The van der Waals surface area contributed by atoms with Crippen LogP contribution in [0.15, 0.2) is 42.7 Å². The third-order valence-electron chi connectivity index (χ3n) is 4.47. The molecular formula is C19H19N5. The second-order valence-electron chi connectivity index (χ2n) is 6.07. The second-order valence-corrected chi connectivity index (χ2v) is 6.07. The molecule has 0 atom stereocenters. The molecule has 120 valence electrons. The maximum Gasteiger partial charge on any atom is 0.137 e. The molecule has 0 amide bonds. The Kier molecular flexibility index (Phi) is 3.41. The summed E-state index contributed by atoms with van der Waals surface area (Å²) in [4.78, 5) is 13.5. The van der Waals surface area contributed by atoms with Crippen molar-refractivity contribution in [1.29, 1.82) is 0 Å². The Labute approximate surface area is 140 Å². The summed E-state index contributed by atoms with van der Waals surface area (Å²) in [6, 6.07) is 12.3. The van der Waals surface area contributed by atoms with Gasteiger partial charge in [0.15, 0.2) is 0 Å². The third-order valence-corrected chi connectivity index (χ3v) is 4.47. The van der Waals surface area contributed by atoms with Gasteiger partial charge in [0, 0.05) is 12.4 Å². The van der Waals surface area contributed by atoms with Gasteiger partial charge in [-0.05, 0) is 37.1 Å². The van der Waals surface area contributed by atoms with Gasteiger partial charge in [0.2, 0.25) is 0 Å². The van der Waals surface area contributed by atoms with Gasteiger partial charge in [-0.1, -0.05) is 24.3 Å². The summed E-state index contributed by atoms with van der Waals surface area (Å²) < 4.78 is 2.15. The van der Waals surface area contributed by atoms with E-state index in [2.05, 4.69) is 58.9 Å². The number of hydrogen-bond donors (Lipinski definition) is 1. The van der Waals surface area contributed by atoms with E-state index in [1.807, 2.05) is 18.2 Å². The van der Waals surface area contributed by atoms with E-state index >= 15 is 0 Å². The summed E-state index contributed by atoms with van der Waals surface area (Å²) in [5, 5.41) is 4.50. The number of rotatable bonds is 3. The van der Waals surface area contributed by atoms with Crippen LogP contribution in [-0.4, -0.2) is 19.5 Å². The highest BCUT2D eigenvalue weighted by Crippen LogP contribution is 2.24. The number of imidazole rings is 1. The van der Waals surface area contributed by atoms with Gasteiger partial charge < -0.3 is 9.88 Å². The van der Waals surface area contributed by atoms with Crippen LogP contribution in [0.5, 0.6) is 0 Å². The number of fused-ring (bicyclic) bond motifs is 2. The molecule has 0 fully saturated rings. The molecule has 0 aliphatic heterocycles. The Bertz CT molecular complexity index is 1040. The van der Waals surface area contributed by atoms with Gasteiger partial charge in [0.25, 0.3) is 0 Å². The second kappa shape index (κ2) is 5.60. The first-order valence-electron chi connectivity index (χ1n) is 8.00. The van der Waals surface area contributed by atoms with Crippen LogP contribution in [0.2, 0.25) is 0 Å². The summed E-state index contributed by atoms with van der Waals surface area (Å²) in [6.07, 6.45) is 1.60. The van der Waals surface area contributed by atoms with Crippen LogP contribution in [-0.2, 0) is 13.6 Å². The Hall–Kier alpha value is -2.95. The van der Waals surface area contributed by atoms with E-state index in [1.54, 1.807) is 6.33 Å². The fourth-order valence-corrected chi connectivity index (χ4v) is 3.25. The smallest absolute Gasteiger partial charge is 0.137 e. The lowest BCUT2D eigenvalue weighted by Crippen LogP contribution is -2.08. The standard InChI is InChI=1S/C19H19N5/c1-12-6-4-8-14-17(12)19(22-11-21-14)20-10-16-23-15-9-5-7-13(2)18(15)24(16)3/h4-9,11H,10H2,1-3H3,(H,20,21,22). The summed E-state index contributed by atoms with van der Waals surface area (Å²) in [5.41, 5.74) is 5.55. The molecule has 5 heteroatoms. The number of anilines is 1. The van der Waals surface area contributed by atoms with Gasteiger partial charge in [0.05, 0.1) is 23.1 Å². The first-order chi connectivity index (χ1) is 11.6. The van der Waals surface area contributed by atoms with Crippen molar-refractivity contribution in [2.45, 2.75) is 20.4 Å². The first kappa shape index (κ1) is 14.6. The molecule has 4 aromatic rings. The van der Waals surface area contributed by atoms with Crippen LogP contribution < -0.4 is 5.32 Å². The van der Waals surface area contributed by atoms with Gasteiger partial charge in [-0.25, -0.2) is 15.0 Å². The molecule has 2 aromatic heterocycles. The number of benzene rings is 2. The van der Waals surface area contributed by atoms with Crippen LogP contribution in [0.25, 0.3) is 21.9 Å². The number of nitrogens with one attached hydrogen (secondary N) is 1. The first-order valence-corrected chi connectivity index (χ1v) is 8.00. The maximum absolute atomic E-state index is 4.75. The number of aromatic nitrogens is 4. The zero-order valence-electron chi connectivity index (χ0n) is 14.0. The van der Waals surface area contributed by atoms with Crippen molar-refractivity contribution in [3.05, 3.63) is 59.7 Å². The van der Waals surface area contributed by atoms with Gasteiger partial charge in [-0.2, -0.15) is 0 Å². The molecule has 0 bridgehead atoms. The van der Waals surface area contributed by atoms with Crippen molar-refractivity contribution in [1.82, 2.24) is 19.5 Å². The molecule has 1 N–H and O–H groups in total. The average Bonchev–Trinajstić information content (AvgIpc) is 2.90. The number of aryl methyl sites for hydroxylation is 3. The molecule has 2 heterocycles. The SMILES string of the molecule is Cc1cccc2ncnc(NCc3nc4cccc(C)c4n3C)c12. The number of hydrogen-bond acceptors (Lipinski definition) is 4. The molecule has 0 spiro atoms. The fraction of sp³-hybridized carbons (Fsp3) is 0.211. The fourth-order valence-electron chi connectivity index (χ4n) is 3.25. The molecule has 0 saturated heterocycles. The summed E-state index contributed by atoms with van der Waals surface area (Å²) in [6.45, 7) is 4.81. The Morgan fingerprint density at radius 1 is 0.958 bits per heavy atom. The van der Waals surface area contributed by atoms with Gasteiger partial charge in [-0.15, -0.1) is 0 Å². The predicted octanol–water partition coefficient (Wildman–Crippen LogP) is 3.75. The molecule has 0 radical (unpaired) electrons. The van der Waals surface area contributed by atoms with Gasteiger partial charge in [-0.3, -0.25) is 0 Å². The minimum atomic E-state index is 0.616. The lowest BCUT2D eigenvalue weighted by molar-refractivity contribution is 0.830. The minimum Gasteiger partial charge on any atom is -0.362 e. The molecule has 4 rings (SSSR count). The largest absolute Gasteiger partial charge is 0.362 e. The van der Waals surface area contributed by atoms with Crippen molar-refractivity contribution >= 4 is 27.8 Å².